The third-order valence-corrected chi connectivity index (χ3v) is 2.94. The van der Waals surface area contributed by atoms with E-state index in [-0.39, 0.29) is 6.61 Å². The predicted octanol–water partition coefficient (Wildman–Crippen LogP) is 2.42. The summed E-state index contributed by atoms with van der Waals surface area (Å²) in [5.41, 5.74) is 0. The normalized spacial score (nSPS) is 17.8. The Labute approximate surface area is 89.1 Å². The van der Waals surface area contributed by atoms with Crippen LogP contribution >= 0.6 is 0 Å². The number of rotatable bonds is 8. The average Bonchev–Trinajstić information content (AvgIpc) is 2.22. The first-order chi connectivity index (χ1) is 6.63. The maximum absolute atomic E-state index is 8.91. The van der Waals surface area contributed by atoms with E-state index < -0.39 is 0 Å². The third-order valence-electron chi connectivity index (χ3n) is 2.94. The van der Waals surface area contributed by atoms with Crippen molar-refractivity contribution in [3.05, 3.63) is 0 Å². The Morgan fingerprint density at radius 2 is 1.71 bits per heavy atom. The SMILES string of the molecule is CCC(C)CC(CC)NCC(C)CO. The summed E-state index contributed by atoms with van der Waals surface area (Å²) in [4.78, 5) is 0. The second-order valence-corrected chi connectivity index (χ2v) is 4.55. The van der Waals surface area contributed by atoms with Crippen molar-refractivity contribution in [2.75, 3.05) is 13.2 Å². The molecule has 0 radical (unpaired) electrons. The lowest BCUT2D eigenvalue weighted by molar-refractivity contribution is 0.226. The molecular weight excluding hydrogens is 174 g/mol. The summed E-state index contributed by atoms with van der Waals surface area (Å²) in [6, 6.07) is 0.624. The molecule has 0 aromatic rings. The molecule has 0 heterocycles. The Bertz CT molecular complexity index is 127. The van der Waals surface area contributed by atoms with Gasteiger partial charge in [-0.05, 0) is 24.7 Å². The molecular formula is C12H27NO. The summed E-state index contributed by atoms with van der Waals surface area (Å²) in [6.45, 7) is 10.1. The van der Waals surface area contributed by atoms with Crippen LogP contribution in [0.5, 0.6) is 0 Å². The Kier molecular flexibility index (Phi) is 8.20. The van der Waals surface area contributed by atoms with Crippen molar-refractivity contribution in [2.45, 2.75) is 53.0 Å². The minimum atomic E-state index is 0.284. The molecule has 0 aromatic carbocycles. The van der Waals surface area contributed by atoms with Gasteiger partial charge in [0.2, 0.25) is 0 Å². The van der Waals surface area contributed by atoms with Crippen LogP contribution in [-0.2, 0) is 0 Å². The number of aliphatic hydroxyl groups excluding tert-OH is 1. The van der Waals surface area contributed by atoms with Gasteiger partial charge in [-0.3, -0.25) is 0 Å². The predicted molar refractivity (Wildman–Crippen MR) is 62.4 cm³/mol. The fraction of sp³-hybridized carbons (Fsp3) is 1.00. The fourth-order valence-electron chi connectivity index (χ4n) is 1.48. The molecule has 0 saturated carbocycles. The zero-order valence-corrected chi connectivity index (χ0v) is 10.2. The Morgan fingerprint density at radius 1 is 1.07 bits per heavy atom. The Morgan fingerprint density at radius 3 is 2.14 bits per heavy atom. The summed E-state index contributed by atoms with van der Waals surface area (Å²) in [5.74, 6) is 1.18. The van der Waals surface area contributed by atoms with Crippen LogP contribution in [-0.4, -0.2) is 24.3 Å². The molecule has 0 aromatic heterocycles. The molecule has 0 aliphatic heterocycles. The summed E-state index contributed by atoms with van der Waals surface area (Å²) >= 11 is 0. The zero-order valence-electron chi connectivity index (χ0n) is 10.2. The van der Waals surface area contributed by atoms with Crippen LogP contribution in [0.3, 0.4) is 0 Å². The molecule has 0 spiro atoms. The molecule has 2 nitrogen and oxygen atoms in total. The molecule has 0 fully saturated rings. The van der Waals surface area contributed by atoms with E-state index >= 15 is 0 Å². The summed E-state index contributed by atoms with van der Waals surface area (Å²) in [7, 11) is 0. The molecule has 2 heteroatoms. The monoisotopic (exact) mass is 201 g/mol. The van der Waals surface area contributed by atoms with Gasteiger partial charge in [-0.15, -0.1) is 0 Å². The van der Waals surface area contributed by atoms with Crippen LogP contribution in [0.2, 0.25) is 0 Å². The fourth-order valence-corrected chi connectivity index (χ4v) is 1.48. The van der Waals surface area contributed by atoms with Gasteiger partial charge in [0.25, 0.3) is 0 Å². The highest BCUT2D eigenvalue weighted by Crippen LogP contribution is 2.12. The van der Waals surface area contributed by atoms with Crippen molar-refractivity contribution in [1.29, 1.82) is 0 Å². The smallest absolute Gasteiger partial charge is 0.0468 e. The van der Waals surface area contributed by atoms with Crippen LogP contribution < -0.4 is 5.32 Å². The highest BCUT2D eigenvalue weighted by atomic mass is 16.3. The maximum Gasteiger partial charge on any atom is 0.0468 e. The number of aliphatic hydroxyl groups is 1. The molecule has 0 rings (SSSR count). The van der Waals surface area contributed by atoms with E-state index in [0.29, 0.717) is 12.0 Å². The van der Waals surface area contributed by atoms with E-state index in [4.69, 9.17) is 5.11 Å². The van der Waals surface area contributed by atoms with Gasteiger partial charge in [0.05, 0.1) is 0 Å². The highest BCUT2D eigenvalue weighted by Gasteiger charge is 2.10. The summed E-state index contributed by atoms with van der Waals surface area (Å²) in [5, 5.41) is 12.4. The zero-order chi connectivity index (χ0) is 11.0. The maximum atomic E-state index is 8.91. The average molecular weight is 201 g/mol. The minimum Gasteiger partial charge on any atom is -0.396 e. The van der Waals surface area contributed by atoms with Gasteiger partial charge in [0.15, 0.2) is 0 Å². The van der Waals surface area contributed by atoms with E-state index in [9.17, 15) is 0 Å². The van der Waals surface area contributed by atoms with Crippen molar-refractivity contribution in [3.8, 4) is 0 Å². The first-order valence-electron chi connectivity index (χ1n) is 5.98. The molecule has 3 atom stereocenters. The van der Waals surface area contributed by atoms with Crippen LogP contribution in [0.25, 0.3) is 0 Å². The minimum absolute atomic E-state index is 0.284. The molecule has 86 valence electrons. The van der Waals surface area contributed by atoms with E-state index in [1.165, 1.54) is 19.3 Å². The lowest BCUT2D eigenvalue weighted by Crippen LogP contribution is -2.34. The Hall–Kier alpha value is -0.0800. The second-order valence-electron chi connectivity index (χ2n) is 4.55. The molecule has 14 heavy (non-hydrogen) atoms. The number of nitrogens with one attached hydrogen (secondary N) is 1. The molecule has 2 N–H and O–H groups in total. The van der Waals surface area contributed by atoms with E-state index in [1.54, 1.807) is 0 Å². The standard InChI is InChI=1S/C12H27NO/c1-5-10(3)7-12(6-2)13-8-11(4)9-14/h10-14H,5-9H2,1-4H3. The number of hydrogen-bond acceptors (Lipinski definition) is 2. The molecule has 3 unspecified atom stereocenters. The van der Waals surface area contributed by atoms with Crippen LogP contribution in [0.15, 0.2) is 0 Å². The van der Waals surface area contributed by atoms with Crippen molar-refractivity contribution in [1.82, 2.24) is 5.32 Å². The molecule has 0 saturated heterocycles. The van der Waals surface area contributed by atoms with Crippen LogP contribution in [0.4, 0.5) is 0 Å². The van der Waals surface area contributed by atoms with Gasteiger partial charge >= 0.3 is 0 Å². The number of hydrogen-bond donors (Lipinski definition) is 2. The topological polar surface area (TPSA) is 32.3 Å². The van der Waals surface area contributed by atoms with Gasteiger partial charge in [0.1, 0.15) is 0 Å². The van der Waals surface area contributed by atoms with Gasteiger partial charge in [-0.25, -0.2) is 0 Å². The van der Waals surface area contributed by atoms with Gasteiger partial charge in [0, 0.05) is 19.2 Å². The third kappa shape index (κ3) is 6.39. The summed E-state index contributed by atoms with van der Waals surface area (Å²) < 4.78 is 0. The lowest BCUT2D eigenvalue weighted by Gasteiger charge is -2.21. The van der Waals surface area contributed by atoms with E-state index in [2.05, 4.69) is 33.0 Å². The van der Waals surface area contributed by atoms with E-state index in [1.807, 2.05) is 0 Å². The quantitative estimate of drug-likeness (QED) is 0.632. The van der Waals surface area contributed by atoms with Crippen molar-refractivity contribution in [3.63, 3.8) is 0 Å². The Balaban J connectivity index is 3.68. The van der Waals surface area contributed by atoms with Crippen molar-refractivity contribution >= 4 is 0 Å². The van der Waals surface area contributed by atoms with Crippen molar-refractivity contribution < 1.29 is 5.11 Å². The van der Waals surface area contributed by atoms with Gasteiger partial charge < -0.3 is 10.4 Å². The largest absolute Gasteiger partial charge is 0.396 e. The lowest BCUT2D eigenvalue weighted by atomic mass is 9.97. The molecule has 0 aliphatic carbocycles. The van der Waals surface area contributed by atoms with Gasteiger partial charge in [-0.2, -0.15) is 0 Å². The van der Waals surface area contributed by atoms with E-state index in [0.717, 1.165) is 12.5 Å². The molecule has 0 amide bonds. The highest BCUT2D eigenvalue weighted by molar-refractivity contribution is 4.69. The summed E-state index contributed by atoms with van der Waals surface area (Å²) in [6.07, 6.45) is 3.70. The van der Waals surface area contributed by atoms with Crippen LogP contribution in [0, 0.1) is 11.8 Å². The first kappa shape index (κ1) is 13.9. The van der Waals surface area contributed by atoms with Crippen molar-refractivity contribution in [2.24, 2.45) is 11.8 Å². The first-order valence-corrected chi connectivity index (χ1v) is 5.98. The molecule has 0 aliphatic rings. The second kappa shape index (κ2) is 8.25. The van der Waals surface area contributed by atoms with Crippen LogP contribution in [0.1, 0.15) is 47.0 Å². The van der Waals surface area contributed by atoms with Gasteiger partial charge in [-0.1, -0.05) is 34.1 Å². The molecule has 0 bridgehead atoms.